The first kappa shape index (κ1) is 17.6. The number of hydrogen-bond donors (Lipinski definition) is 2. The summed E-state index contributed by atoms with van der Waals surface area (Å²) in [6, 6.07) is 1.68. The summed E-state index contributed by atoms with van der Waals surface area (Å²) in [6.45, 7) is 1.48. The number of alkyl halides is 3. The average Bonchev–Trinajstić information content (AvgIpc) is 2.89. The molecular weight excluding hydrogens is 382 g/mol. The van der Waals surface area contributed by atoms with Crippen LogP contribution in [0.2, 0.25) is 10.0 Å². The summed E-state index contributed by atoms with van der Waals surface area (Å²) in [4.78, 5) is 19.1. The quantitative estimate of drug-likeness (QED) is 0.601. The molecule has 0 saturated heterocycles. The summed E-state index contributed by atoms with van der Waals surface area (Å²) >= 11 is 12.1. The van der Waals surface area contributed by atoms with Gasteiger partial charge in [0.1, 0.15) is 5.65 Å². The van der Waals surface area contributed by atoms with E-state index in [1.165, 1.54) is 13.1 Å². The second-order valence-electron chi connectivity index (χ2n) is 5.21. The zero-order chi connectivity index (χ0) is 18.5. The van der Waals surface area contributed by atoms with Crippen molar-refractivity contribution in [1.29, 1.82) is 0 Å². The SMILES string of the molecule is CCN(C(=O)O)c1cc(C(F)(F)F)cc2c1[nH]c1ncc(Cl)c(Cl)c12. The minimum Gasteiger partial charge on any atom is -0.465 e. The van der Waals surface area contributed by atoms with Gasteiger partial charge in [-0.15, -0.1) is 0 Å². The van der Waals surface area contributed by atoms with E-state index in [4.69, 9.17) is 23.2 Å². The molecule has 1 amide bonds. The topological polar surface area (TPSA) is 69.2 Å². The van der Waals surface area contributed by atoms with Gasteiger partial charge in [-0.2, -0.15) is 13.2 Å². The summed E-state index contributed by atoms with van der Waals surface area (Å²) in [5.41, 5.74) is -0.730. The highest BCUT2D eigenvalue weighted by atomic mass is 35.5. The van der Waals surface area contributed by atoms with Gasteiger partial charge in [0.25, 0.3) is 0 Å². The lowest BCUT2D eigenvalue weighted by molar-refractivity contribution is -0.137. The minimum absolute atomic E-state index is 0.0387. The molecule has 3 rings (SSSR count). The number of nitrogens with one attached hydrogen (secondary N) is 1. The molecule has 0 unspecified atom stereocenters. The maximum absolute atomic E-state index is 13.3. The second-order valence-corrected chi connectivity index (χ2v) is 6.00. The van der Waals surface area contributed by atoms with Crippen molar-refractivity contribution < 1.29 is 23.1 Å². The van der Waals surface area contributed by atoms with E-state index in [1.807, 2.05) is 0 Å². The van der Waals surface area contributed by atoms with Crippen LogP contribution in [0.25, 0.3) is 21.9 Å². The molecule has 0 aliphatic rings. The largest absolute Gasteiger partial charge is 0.465 e. The van der Waals surface area contributed by atoms with Crippen LogP contribution in [0.15, 0.2) is 18.3 Å². The van der Waals surface area contributed by atoms with Crippen LogP contribution in [-0.4, -0.2) is 27.7 Å². The Labute approximate surface area is 149 Å². The highest BCUT2D eigenvalue weighted by Crippen LogP contribution is 2.42. The van der Waals surface area contributed by atoms with Crippen molar-refractivity contribution in [2.24, 2.45) is 0 Å². The molecule has 1 aromatic carbocycles. The maximum Gasteiger partial charge on any atom is 0.416 e. The molecule has 3 aromatic rings. The van der Waals surface area contributed by atoms with Crippen LogP contribution < -0.4 is 4.90 Å². The Morgan fingerprint density at radius 2 is 2.04 bits per heavy atom. The number of carboxylic acid groups (broad SMARTS) is 1. The molecule has 0 fully saturated rings. The number of benzene rings is 1. The van der Waals surface area contributed by atoms with Crippen LogP contribution >= 0.6 is 23.2 Å². The monoisotopic (exact) mass is 391 g/mol. The Morgan fingerprint density at radius 3 is 2.60 bits per heavy atom. The van der Waals surface area contributed by atoms with E-state index >= 15 is 0 Å². The van der Waals surface area contributed by atoms with Gasteiger partial charge in [0.15, 0.2) is 0 Å². The Kier molecular flexibility index (Phi) is 4.20. The number of fused-ring (bicyclic) bond motifs is 3. The molecule has 0 aliphatic carbocycles. The van der Waals surface area contributed by atoms with Crippen LogP contribution in [0.1, 0.15) is 12.5 Å². The van der Waals surface area contributed by atoms with Crippen LogP contribution in [0.4, 0.5) is 23.7 Å². The number of anilines is 1. The van der Waals surface area contributed by atoms with Gasteiger partial charge in [0.05, 0.1) is 26.8 Å². The third-order valence-corrected chi connectivity index (χ3v) is 4.54. The van der Waals surface area contributed by atoms with Crippen LogP contribution in [0.3, 0.4) is 0 Å². The highest BCUT2D eigenvalue weighted by molar-refractivity contribution is 6.46. The van der Waals surface area contributed by atoms with E-state index < -0.39 is 17.8 Å². The second kappa shape index (κ2) is 5.96. The van der Waals surface area contributed by atoms with E-state index in [-0.39, 0.29) is 44.2 Å². The lowest BCUT2D eigenvalue weighted by Gasteiger charge is -2.19. The Balaban J connectivity index is 2.49. The summed E-state index contributed by atoms with van der Waals surface area (Å²) in [7, 11) is 0. The lowest BCUT2D eigenvalue weighted by atomic mass is 10.1. The van der Waals surface area contributed by atoms with Gasteiger partial charge in [-0.1, -0.05) is 23.2 Å². The molecule has 2 aromatic heterocycles. The number of aromatic amines is 1. The van der Waals surface area contributed by atoms with Crippen molar-refractivity contribution in [3.8, 4) is 0 Å². The van der Waals surface area contributed by atoms with Gasteiger partial charge in [-0.25, -0.2) is 9.78 Å². The molecule has 5 nitrogen and oxygen atoms in total. The number of carbonyl (C=O) groups is 1. The number of pyridine rings is 1. The molecular formula is C15H10Cl2F3N3O2. The van der Waals surface area contributed by atoms with E-state index in [2.05, 4.69) is 9.97 Å². The smallest absolute Gasteiger partial charge is 0.416 e. The number of H-pyrrole nitrogens is 1. The first-order valence-corrected chi connectivity index (χ1v) is 7.77. The van der Waals surface area contributed by atoms with Gasteiger partial charge >= 0.3 is 12.3 Å². The number of rotatable bonds is 2. The van der Waals surface area contributed by atoms with E-state index in [1.54, 1.807) is 0 Å². The van der Waals surface area contributed by atoms with Gasteiger partial charge in [0.2, 0.25) is 0 Å². The molecule has 0 aliphatic heterocycles. The molecule has 2 N–H and O–H groups in total. The van der Waals surface area contributed by atoms with Gasteiger partial charge < -0.3 is 10.1 Å². The van der Waals surface area contributed by atoms with Gasteiger partial charge in [0, 0.05) is 23.5 Å². The van der Waals surface area contributed by atoms with E-state index in [0.29, 0.717) is 0 Å². The molecule has 132 valence electrons. The predicted molar refractivity (Wildman–Crippen MR) is 89.7 cm³/mol. The normalized spacial score (nSPS) is 12.1. The average molecular weight is 392 g/mol. The van der Waals surface area contributed by atoms with E-state index in [0.717, 1.165) is 17.0 Å². The molecule has 0 saturated carbocycles. The van der Waals surface area contributed by atoms with Crippen molar-refractivity contribution in [2.45, 2.75) is 13.1 Å². The summed E-state index contributed by atoms with van der Waals surface area (Å²) in [5.74, 6) is 0. The molecule has 10 heteroatoms. The highest BCUT2D eigenvalue weighted by Gasteiger charge is 2.33. The van der Waals surface area contributed by atoms with Gasteiger partial charge in [-0.3, -0.25) is 4.90 Å². The first-order valence-electron chi connectivity index (χ1n) is 7.02. The van der Waals surface area contributed by atoms with Crippen molar-refractivity contribution >= 4 is 56.9 Å². The first-order chi connectivity index (χ1) is 11.6. The van der Waals surface area contributed by atoms with E-state index in [9.17, 15) is 23.1 Å². The molecule has 0 radical (unpaired) electrons. The molecule has 0 bridgehead atoms. The fourth-order valence-electron chi connectivity index (χ4n) is 2.67. The number of nitrogens with zero attached hydrogens (tertiary/aromatic N) is 2. The minimum atomic E-state index is -4.66. The maximum atomic E-state index is 13.3. The zero-order valence-corrected chi connectivity index (χ0v) is 14.1. The zero-order valence-electron chi connectivity index (χ0n) is 12.6. The van der Waals surface area contributed by atoms with Crippen molar-refractivity contribution in [2.75, 3.05) is 11.4 Å². The Bertz CT molecular complexity index is 1000. The van der Waals surface area contributed by atoms with Crippen LogP contribution in [0, 0.1) is 0 Å². The predicted octanol–water partition coefficient (Wildman–Crippen LogP) is 5.55. The Morgan fingerprint density at radius 1 is 1.36 bits per heavy atom. The van der Waals surface area contributed by atoms with Crippen LogP contribution in [0.5, 0.6) is 0 Å². The standard InChI is InChI=1S/C15H10Cl2F3N3O2/c1-2-23(14(24)25)9-4-6(15(18,19)20)3-7-10-11(17)8(16)5-21-13(10)22-12(7)9/h3-5H,2H2,1H3,(H,21,22)(H,24,25). The van der Waals surface area contributed by atoms with Crippen LogP contribution in [-0.2, 0) is 6.18 Å². The summed E-state index contributed by atoms with van der Waals surface area (Å²) < 4.78 is 39.9. The Hall–Kier alpha value is -2.19. The lowest BCUT2D eigenvalue weighted by Crippen LogP contribution is -2.29. The third-order valence-electron chi connectivity index (χ3n) is 3.77. The van der Waals surface area contributed by atoms with Crippen molar-refractivity contribution in [3.63, 3.8) is 0 Å². The fourth-order valence-corrected chi connectivity index (χ4v) is 3.05. The van der Waals surface area contributed by atoms with Crippen molar-refractivity contribution in [1.82, 2.24) is 9.97 Å². The number of hydrogen-bond acceptors (Lipinski definition) is 2. The molecule has 0 spiro atoms. The molecule has 0 atom stereocenters. The summed E-state index contributed by atoms with van der Waals surface area (Å²) in [6.07, 6.45) is -4.78. The third kappa shape index (κ3) is 2.85. The van der Waals surface area contributed by atoms with Crippen molar-refractivity contribution in [3.05, 3.63) is 33.9 Å². The summed E-state index contributed by atoms with van der Waals surface area (Å²) in [5, 5.41) is 9.75. The molecule has 2 heterocycles. The molecule has 25 heavy (non-hydrogen) atoms. The number of aromatic nitrogens is 2. The number of halogens is 5. The fraction of sp³-hybridized carbons (Fsp3) is 0.200. The van der Waals surface area contributed by atoms with Gasteiger partial charge in [-0.05, 0) is 19.1 Å². The number of amides is 1.